The molecule has 0 aliphatic carbocycles. The molecular weight excluding hydrogens is 396 g/mol. The molecule has 0 bridgehead atoms. The second-order valence-corrected chi connectivity index (χ2v) is 6.84. The number of rotatable bonds is 5. The van der Waals surface area contributed by atoms with E-state index in [0.29, 0.717) is 11.7 Å². The fourth-order valence-electron chi connectivity index (χ4n) is 1.79. The van der Waals surface area contributed by atoms with Gasteiger partial charge >= 0.3 is 0 Å². The quantitative estimate of drug-likeness (QED) is 0.748. The van der Waals surface area contributed by atoms with Gasteiger partial charge in [0.15, 0.2) is 5.82 Å². The van der Waals surface area contributed by atoms with E-state index in [1.807, 2.05) is 12.1 Å². The maximum Gasteiger partial charge on any atom is 0.181 e. The van der Waals surface area contributed by atoms with Crippen LogP contribution in [0.3, 0.4) is 0 Å². The zero-order chi connectivity index (χ0) is 15.4. The van der Waals surface area contributed by atoms with Gasteiger partial charge in [0.2, 0.25) is 0 Å². The summed E-state index contributed by atoms with van der Waals surface area (Å²) >= 11 is 6.94. The Hall–Kier alpha value is -1.01. The molecule has 2 heterocycles. The first-order valence-electron chi connectivity index (χ1n) is 6.95. The van der Waals surface area contributed by atoms with Crippen LogP contribution in [0.25, 0.3) is 11.5 Å². The molecule has 0 saturated heterocycles. The number of halogens is 2. The van der Waals surface area contributed by atoms with Crippen LogP contribution in [0, 0.1) is 0 Å². The van der Waals surface area contributed by atoms with Gasteiger partial charge in [0.05, 0.1) is 0 Å². The van der Waals surface area contributed by atoms with Crippen molar-refractivity contribution in [1.29, 1.82) is 0 Å². The van der Waals surface area contributed by atoms with Crippen LogP contribution in [0.15, 0.2) is 27.3 Å². The highest BCUT2D eigenvalue weighted by molar-refractivity contribution is 9.11. The second-order valence-electron chi connectivity index (χ2n) is 5.07. The average Bonchev–Trinajstić information content (AvgIpc) is 2.44. The summed E-state index contributed by atoms with van der Waals surface area (Å²) in [5.41, 5.74) is 1.76. The van der Waals surface area contributed by atoms with Gasteiger partial charge in [-0.1, -0.05) is 20.8 Å². The molecule has 0 radical (unpaired) electrons. The van der Waals surface area contributed by atoms with Crippen LogP contribution in [0.4, 0.5) is 5.82 Å². The van der Waals surface area contributed by atoms with Gasteiger partial charge in [0, 0.05) is 33.4 Å². The molecule has 0 spiro atoms. The number of aromatic nitrogens is 3. The van der Waals surface area contributed by atoms with E-state index >= 15 is 0 Å². The predicted octanol–water partition coefficient (Wildman–Crippen LogP) is 5.01. The molecule has 21 heavy (non-hydrogen) atoms. The minimum Gasteiger partial charge on any atom is -0.370 e. The maximum atomic E-state index is 4.64. The SMILES string of the molecule is CCCNc1cc(C(C)C)nc(-c2ncc(Br)cc2Br)n1. The smallest absolute Gasteiger partial charge is 0.181 e. The molecule has 2 rings (SSSR count). The third kappa shape index (κ3) is 4.23. The van der Waals surface area contributed by atoms with Crippen LogP contribution < -0.4 is 5.32 Å². The zero-order valence-corrected chi connectivity index (χ0v) is 15.5. The van der Waals surface area contributed by atoms with Crippen molar-refractivity contribution in [2.45, 2.75) is 33.1 Å². The van der Waals surface area contributed by atoms with Gasteiger partial charge in [-0.25, -0.2) is 9.97 Å². The summed E-state index contributed by atoms with van der Waals surface area (Å²) in [5, 5.41) is 3.33. The molecule has 2 aromatic heterocycles. The van der Waals surface area contributed by atoms with Gasteiger partial charge in [-0.05, 0) is 50.3 Å². The minimum atomic E-state index is 0.336. The van der Waals surface area contributed by atoms with Crippen LogP contribution in [0.2, 0.25) is 0 Å². The summed E-state index contributed by atoms with van der Waals surface area (Å²) in [6.45, 7) is 7.27. The molecule has 4 nitrogen and oxygen atoms in total. The molecule has 0 atom stereocenters. The molecule has 0 amide bonds. The highest BCUT2D eigenvalue weighted by Gasteiger charge is 2.13. The van der Waals surface area contributed by atoms with Crippen LogP contribution in [0.1, 0.15) is 38.8 Å². The first-order valence-corrected chi connectivity index (χ1v) is 8.54. The molecule has 0 fully saturated rings. The monoisotopic (exact) mass is 412 g/mol. The van der Waals surface area contributed by atoms with Crippen LogP contribution in [-0.4, -0.2) is 21.5 Å². The van der Waals surface area contributed by atoms with Crippen molar-refractivity contribution in [2.75, 3.05) is 11.9 Å². The predicted molar refractivity (Wildman–Crippen MR) is 93.5 cm³/mol. The van der Waals surface area contributed by atoms with Crippen molar-refractivity contribution in [1.82, 2.24) is 15.0 Å². The summed E-state index contributed by atoms with van der Waals surface area (Å²) in [4.78, 5) is 13.7. The molecule has 0 unspecified atom stereocenters. The highest BCUT2D eigenvalue weighted by atomic mass is 79.9. The van der Waals surface area contributed by atoms with Crippen molar-refractivity contribution >= 4 is 37.7 Å². The molecule has 2 aromatic rings. The first-order chi connectivity index (χ1) is 10.0. The summed E-state index contributed by atoms with van der Waals surface area (Å²) in [5.74, 6) is 1.82. The van der Waals surface area contributed by atoms with Gasteiger partial charge in [0.25, 0.3) is 0 Å². The van der Waals surface area contributed by atoms with E-state index in [9.17, 15) is 0 Å². The lowest BCUT2D eigenvalue weighted by molar-refractivity contribution is 0.814. The number of hydrogen-bond donors (Lipinski definition) is 1. The molecular formula is C15H18Br2N4. The van der Waals surface area contributed by atoms with Crippen molar-refractivity contribution in [3.63, 3.8) is 0 Å². The minimum absolute atomic E-state index is 0.336. The van der Waals surface area contributed by atoms with E-state index in [4.69, 9.17) is 0 Å². The average molecular weight is 414 g/mol. The third-order valence-electron chi connectivity index (χ3n) is 2.91. The number of hydrogen-bond acceptors (Lipinski definition) is 4. The van der Waals surface area contributed by atoms with Crippen molar-refractivity contribution in [3.05, 3.63) is 33.0 Å². The Kier molecular flexibility index (Phi) is 5.70. The van der Waals surface area contributed by atoms with Crippen molar-refractivity contribution in [2.24, 2.45) is 0 Å². The van der Waals surface area contributed by atoms with Gasteiger partial charge in [-0.3, -0.25) is 4.98 Å². The van der Waals surface area contributed by atoms with E-state index in [2.05, 4.69) is 72.9 Å². The van der Waals surface area contributed by atoms with E-state index < -0.39 is 0 Å². The summed E-state index contributed by atoms with van der Waals surface area (Å²) in [6.07, 6.45) is 2.81. The van der Waals surface area contributed by atoms with Gasteiger partial charge in [-0.2, -0.15) is 0 Å². The van der Waals surface area contributed by atoms with Gasteiger partial charge in [0.1, 0.15) is 11.5 Å². The molecule has 1 N–H and O–H groups in total. The van der Waals surface area contributed by atoms with Crippen molar-refractivity contribution in [3.8, 4) is 11.5 Å². The molecule has 0 aliphatic heterocycles. The summed E-state index contributed by atoms with van der Waals surface area (Å²) in [6, 6.07) is 3.96. The van der Waals surface area contributed by atoms with Crippen LogP contribution in [-0.2, 0) is 0 Å². The Morgan fingerprint density at radius 2 is 1.95 bits per heavy atom. The zero-order valence-electron chi connectivity index (χ0n) is 12.3. The Morgan fingerprint density at radius 1 is 1.19 bits per heavy atom. The fraction of sp³-hybridized carbons (Fsp3) is 0.400. The van der Waals surface area contributed by atoms with E-state index in [1.54, 1.807) is 6.20 Å². The Labute approximate surface area is 142 Å². The van der Waals surface area contributed by atoms with Crippen LogP contribution >= 0.6 is 31.9 Å². The largest absolute Gasteiger partial charge is 0.370 e. The lowest BCUT2D eigenvalue weighted by atomic mass is 10.1. The Morgan fingerprint density at radius 3 is 2.57 bits per heavy atom. The standard InChI is InChI=1S/C15H18Br2N4/c1-4-5-18-13-7-12(9(2)3)20-15(21-13)14-11(17)6-10(16)8-19-14/h6-9H,4-5H2,1-3H3,(H,18,20,21). The fourth-order valence-corrected chi connectivity index (χ4v) is 2.96. The Bertz CT molecular complexity index is 629. The third-order valence-corrected chi connectivity index (χ3v) is 3.95. The maximum absolute atomic E-state index is 4.64. The first kappa shape index (κ1) is 16.4. The number of anilines is 1. The number of nitrogens with one attached hydrogen (secondary N) is 1. The van der Waals surface area contributed by atoms with Crippen LogP contribution in [0.5, 0.6) is 0 Å². The summed E-state index contributed by atoms with van der Waals surface area (Å²) in [7, 11) is 0. The van der Waals surface area contributed by atoms with E-state index in [0.717, 1.165) is 39.1 Å². The molecule has 0 aromatic carbocycles. The summed E-state index contributed by atoms with van der Waals surface area (Å²) < 4.78 is 1.79. The lowest BCUT2D eigenvalue weighted by Gasteiger charge is -2.12. The topological polar surface area (TPSA) is 50.7 Å². The molecule has 0 aliphatic rings. The van der Waals surface area contributed by atoms with Crippen molar-refractivity contribution < 1.29 is 0 Å². The van der Waals surface area contributed by atoms with Gasteiger partial charge in [-0.15, -0.1) is 0 Å². The number of pyridine rings is 1. The molecule has 0 saturated carbocycles. The van der Waals surface area contributed by atoms with E-state index in [1.165, 1.54) is 0 Å². The highest BCUT2D eigenvalue weighted by Crippen LogP contribution is 2.28. The van der Waals surface area contributed by atoms with E-state index in [-0.39, 0.29) is 0 Å². The van der Waals surface area contributed by atoms with Gasteiger partial charge < -0.3 is 5.32 Å². The molecule has 6 heteroatoms. The Balaban J connectivity index is 2.48. The molecule has 112 valence electrons. The lowest BCUT2D eigenvalue weighted by Crippen LogP contribution is -2.07. The normalized spacial score (nSPS) is 11.0. The number of nitrogens with zero attached hydrogens (tertiary/aromatic N) is 3. The second kappa shape index (κ2) is 7.31.